The molecule has 1 saturated carbocycles. The first kappa shape index (κ1) is 21.6. The molecule has 1 fully saturated rings. The zero-order chi connectivity index (χ0) is 21.7. The van der Waals surface area contributed by atoms with E-state index in [-0.39, 0.29) is 42.0 Å². The Morgan fingerprint density at radius 2 is 1.73 bits per heavy atom. The molecule has 3 rings (SSSR count). The minimum absolute atomic E-state index is 0.0467. The molecular formula is C21H21F3N2O4. The highest BCUT2D eigenvalue weighted by molar-refractivity contribution is 6.05. The van der Waals surface area contributed by atoms with Crippen molar-refractivity contribution >= 4 is 23.2 Å². The average Bonchev–Trinajstić information content (AvgIpc) is 3.54. The fraction of sp³-hybridized carbons (Fsp3) is 0.333. The summed E-state index contributed by atoms with van der Waals surface area (Å²) in [6.45, 7) is 0.350. The van der Waals surface area contributed by atoms with Gasteiger partial charge in [0.25, 0.3) is 5.91 Å². The van der Waals surface area contributed by atoms with Gasteiger partial charge in [-0.25, -0.2) is 0 Å². The summed E-state index contributed by atoms with van der Waals surface area (Å²) in [6.07, 6.45) is -2.82. The fourth-order valence-electron chi connectivity index (χ4n) is 2.65. The molecule has 0 aliphatic heterocycles. The Kier molecular flexibility index (Phi) is 6.61. The summed E-state index contributed by atoms with van der Waals surface area (Å²) >= 11 is 0. The van der Waals surface area contributed by atoms with Gasteiger partial charge in [0.15, 0.2) is 0 Å². The van der Waals surface area contributed by atoms with E-state index >= 15 is 0 Å². The van der Waals surface area contributed by atoms with Crippen LogP contribution in [0.25, 0.3) is 0 Å². The molecule has 0 atom stereocenters. The summed E-state index contributed by atoms with van der Waals surface area (Å²) in [6, 6.07) is 8.96. The molecule has 0 heterocycles. The number of methoxy groups -OCH3 is 1. The van der Waals surface area contributed by atoms with E-state index < -0.39 is 17.6 Å². The van der Waals surface area contributed by atoms with Gasteiger partial charge in [0.2, 0.25) is 5.91 Å². The van der Waals surface area contributed by atoms with Crippen molar-refractivity contribution in [3.05, 3.63) is 53.6 Å². The summed E-state index contributed by atoms with van der Waals surface area (Å²) < 4.78 is 49.5. The molecule has 9 heteroatoms. The summed E-state index contributed by atoms with van der Waals surface area (Å²) in [7, 11) is 1.47. The van der Waals surface area contributed by atoms with E-state index in [4.69, 9.17) is 9.47 Å². The van der Waals surface area contributed by atoms with E-state index in [1.807, 2.05) is 0 Å². The van der Waals surface area contributed by atoms with E-state index in [1.54, 1.807) is 12.1 Å². The number of hydrogen-bond donors (Lipinski definition) is 2. The monoisotopic (exact) mass is 422 g/mol. The molecule has 2 aromatic rings. The van der Waals surface area contributed by atoms with E-state index in [0.29, 0.717) is 5.69 Å². The van der Waals surface area contributed by atoms with Crippen molar-refractivity contribution in [2.75, 3.05) is 31.0 Å². The van der Waals surface area contributed by atoms with Gasteiger partial charge >= 0.3 is 6.18 Å². The Labute approximate surface area is 171 Å². The molecule has 0 saturated heterocycles. The minimum atomic E-state index is -4.56. The third-order valence-corrected chi connectivity index (χ3v) is 4.46. The maximum atomic E-state index is 13.1. The summed E-state index contributed by atoms with van der Waals surface area (Å²) in [4.78, 5) is 24.3. The van der Waals surface area contributed by atoms with E-state index in [1.165, 1.54) is 19.2 Å². The van der Waals surface area contributed by atoms with Gasteiger partial charge in [0, 0.05) is 24.3 Å². The number of carbonyl (C=O) groups is 2. The largest absolute Gasteiger partial charge is 0.489 e. The van der Waals surface area contributed by atoms with Crippen LogP contribution < -0.4 is 15.4 Å². The van der Waals surface area contributed by atoms with Gasteiger partial charge < -0.3 is 20.1 Å². The molecule has 6 nitrogen and oxygen atoms in total. The number of anilines is 2. The molecule has 2 amide bonds. The van der Waals surface area contributed by atoms with Crippen LogP contribution in [0.2, 0.25) is 0 Å². The molecule has 0 radical (unpaired) electrons. The number of halogens is 3. The lowest BCUT2D eigenvalue weighted by atomic mass is 10.1. The molecule has 30 heavy (non-hydrogen) atoms. The number of benzene rings is 2. The van der Waals surface area contributed by atoms with Gasteiger partial charge in [-0.15, -0.1) is 0 Å². The third kappa shape index (κ3) is 5.73. The zero-order valence-corrected chi connectivity index (χ0v) is 16.2. The van der Waals surface area contributed by atoms with Gasteiger partial charge in [0.1, 0.15) is 12.4 Å². The molecule has 2 N–H and O–H groups in total. The molecule has 0 aromatic heterocycles. The van der Waals surface area contributed by atoms with E-state index in [2.05, 4.69) is 10.6 Å². The average molecular weight is 422 g/mol. The molecule has 2 aromatic carbocycles. The van der Waals surface area contributed by atoms with Crippen LogP contribution in [-0.4, -0.2) is 32.1 Å². The van der Waals surface area contributed by atoms with Crippen LogP contribution in [0.3, 0.4) is 0 Å². The van der Waals surface area contributed by atoms with Gasteiger partial charge in [0.05, 0.1) is 17.9 Å². The summed E-state index contributed by atoms with van der Waals surface area (Å²) in [5.41, 5.74) is -0.238. The lowest BCUT2D eigenvalue weighted by Gasteiger charge is -2.15. The van der Waals surface area contributed by atoms with Crippen molar-refractivity contribution in [2.24, 2.45) is 5.92 Å². The Hall–Kier alpha value is -3.07. The molecule has 0 spiro atoms. The molecule has 0 unspecified atom stereocenters. The lowest BCUT2D eigenvalue weighted by Crippen LogP contribution is -2.16. The van der Waals surface area contributed by atoms with Crippen molar-refractivity contribution in [1.82, 2.24) is 0 Å². The maximum absolute atomic E-state index is 13.1. The Bertz CT molecular complexity index is 909. The predicted molar refractivity (Wildman–Crippen MR) is 105 cm³/mol. The number of alkyl halides is 3. The highest BCUT2D eigenvalue weighted by Gasteiger charge is 2.31. The first-order valence-corrected chi connectivity index (χ1v) is 9.33. The standard InChI is InChI=1S/C21H21F3N2O4/c1-29-10-11-30-18-9-6-15(21(22,23)24)12-17(18)26-20(28)14-4-7-16(8-5-14)25-19(27)13-2-3-13/h4-9,12-13H,2-3,10-11H2,1H3,(H,25,27)(H,26,28). The number of ether oxygens (including phenoxy) is 2. The van der Waals surface area contributed by atoms with Crippen LogP contribution in [0.1, 0.15) is 28.8 Å². The summed E-state index contributed by atoms with van der Waals surface area (Å²) in [5.74, 6) is -0.521. The van der Waals surface area contributed by atoms with Gasteiger partial charge in [-0.2, -0.15) is 13.2 Å². The quantitative estimate of drug-likeness (QED) is 0.621. The van der Waals surface area contributed by atoms with Crippen molar-refractivity contribution in [1.29, 1.82) is 0 Å². The van der Waals surface area contributed by atoms with E-state index in [0.717, 1.165) is 31.0 Å². The second kappa shape index (κ2) is 9.17. The zero-order valence-electron chi connectivity index (χ0n) is 16.2. The Morgan fingerprint density at radius 3 is 2.33 bits per heavy atom. The molecule has 1 aliphatic rings. The SMILES string of the molecule is COCCOc1ccc(C(F)(F)F)cc1NC(=O)c1ccc(NC(=O)C2CC2)cc1. The number of rotatable bonds is 8. The number of hydrogen-bond acceptors (Lipinski definition) is 4. The lowest BCUT2D eigenvalue weighted by molar-refractivity contribution is -0.137. The van der Waals surface area contributed by atoms with Crippen LogP contribution >= 0.6 is 0 Å². The third-order valence-electron chi connectivity index (χ3n) is 4.46. The van der Waals surface area contributed by atoms with Crippen molar-refractivity contribution in [3.63, 3.8) is 0 Å². The number of amides is 2. The Balaban J connectivity index is 1.73. The minimum Gasteiger partial charge on any atom is -0.489 e. The molecule has 160 valence electrons. The van der Waals surface area contributed by atoms with Gasteiger partial charge in [-0.1, -0.05) is 0 Å². The maximum Gasteiger partial charge on any atom is 0.416 e. The van der Waals surface area contributed by atoms with E-state index in [9.17, 15) is 22.8 Å². The van der Waals surface area contributed by atoms with Gasteiger partial charge in [-0.3, -0.25) is 9.59 Å². The smallest absolute Gasteiger partial charge is 0.416 e. The molecule has 1 aliphatic carbocycles. The molecule has 0 bridgehead atoms. The van der Waals surface area contributed by atoms with Crippen LogP contribution in [0.15, 0.2) is 42.5 Å². The second-order valence-electron chi connectivity index (χ2n) is 6.84. The van der Waals surface area contributed by atoms with Gasteiger partial charge in [-0.05, 0) is 55.3 Å². The highest BCUT2D eigenvalue weighted by atomic mass is 19.4. The van der Waals surface area contributed by atoms with Crippen molar-refractivity contribution in [3.8, 4) is 5.75 Å². The predicted octanol–water partition coefficient (Wildman–Crippen LogP) is 4.33. The first-order valence-electron chi connectivity index (χ1n) is 9.33. The fourth-order valence-corrected chi connectivity index (χ4v) is 2.65. The van der Waals surface area contributed by atoms with Crippen LogP contribution in [0.5, 0.6) is 5.75 Å². The molecular weight excluding hydrogens is 401 g/mol. The first-order chi connectivity index (χ1) is 14.3. The van der Waals surface area contributed by atoms with Crippen LogP contribution in [0.4, 0.5) is 24.5 Å². The number of carbonyl (C=O) groups excluding carboxylic acids is 2. The Morgan fingerprint density at radius 1 is 1.03 bits per heavy atom. The normalized spacial score (nSPS) is 13.6. The topological polar surface area (TPSA) is 76.7 Å². The number of nitrogens with one attached hydrogen (secondary N) is 2. The highest BCUT2D eigenvalue weighted by Crippen LogP contribution is 2.35. The van der Waals surface area contributed by atoms with Crippen LogP contribution in [-0.2, 0) is 15.7 Å². The van der Waals surface area contributed by atoms with Crippen molar-refractivity contribution in [2.45, 2.75) is 19.0 Å². The van der Waals surface area contributed by atoms with Crippen LogP contribution in [0, 0.1) is 5.92 Å². The second-order valence-corrected chi connectivity index (χ2v) is 6.84. The van der Waals surface area contributed by atoms with Crippen molar-refractivity contribution < 1.29 is 32.2 Å². The summed E-state index contributed by atoms with van der Waals surface area (Å²) in [5, 5.41) is 5.22.